The molecule has 0 spiro atoms. The first-order valence-corrected chi connectivity index (χ1v) is 12.3. The lowest BCUT2D eigenvalue weighted by atomic mass is 10.1. The van der Waals surface area contributed by atoms with Crippen LogP contribution in [-0.2, 0) is 17.7 Å². The van der Waals surface area contributed by atoms with E-state index in [0.29, 0.717) is 45.8 Å². The lowest BCUT2D eigenvalue weighted by molar-refractivity contribution is 0.0524. The van der Waals surface area contributed by atoms with E-state index in [4.69, 9.17) is 21.4 Å². The molecule has 3 heterocycles. The van der Waals surface area contributed by atoms with Gasteiger partial charge in [0.1, 0.15) is 23.4 Å². The third-order valence-electron chi connectivity index (χ3n) is 6.28. The highest BCUT2D eigenvalue weighted by molar-refractivity contribution is 6.33. The number of hydrogen-bond donors (Lipinski definition) is 0. The van der Waals surface area contributed by atoms with Crippen LogP contribution in [0, 0.1) is 25.6 Å². The molecule has 1 aliphatic rings. The van der Waals surface area contributed by atoms with Gasteiger partial charge in [-0.2, -0.15) is 10.2 Å². The highest BCUT2D eigenvalue weighted by Gasteiger charge is 2.27. The van der Waals surface area contributed by atoms with Crippen molar-refractivity contribution in [3.63, 3.8) is 0 Å². The molecule has 1 fully saturated rings. The van der Waals surface area contributed by atoms with Crippen LogP contribution in [0.3, 0.4) is 0 Å². The number of aromatic nitrogens is 6. The molecule has 186 valence electrons. The van der Waals surface area contributed by atoms with Gasteiger partial charge in [-0.05, 0) is 63.8 Å². The number of nitrogens with zero attached hydrogens (tertiary/aromatic N) is 6. The van der Waals surface area contributed by atoms with Crippen molar-refractivity contribution < 1.29 is 13.9 Å². The normalized spacial score (nSPS) is 13.2. The minimum atomic E-state index is -0.405. The van der Waals surface area contributed by atoms with Gasteiger partial charge in [-0.25, -0.2) is 23.8 Å². The summed E-state index contributed by atoms with van der Waals surface area (Å²) in [6.45, 7) is 6.41. The van der Waals surface area contributed by atoms with Gasteiger partial charge in [-0.3, -0.25) is 4.68 Å². The van der Waals surface area contributed by atoms with Gasteiger partial charge in [-0.1, -0.05) is 11.6 Å². The number of carbonyl (C=O) groups excluding carboxylic acids is 1. The molecule has 3 aromatic heterocycles. The zero-order valence-corrected chi connectivity index (χ0v) is 21.1. The molecule has 1 aromatic carbocycles. The predicted octanol–water partition coefficient (Wildman–Crippen LogP) is 5.11. The van der Waals surface area contributed by atoms with Crippen molar-refractivity contribution in [1.29, 1.82) is 0 Å². The molecule has 36 heavy (non-hydrogen) atoms. The van der Waals surface area contributed by atoms with Gasteiger partial charge in [0.25, 0.3) is 0 Å². The van der Waals surface area contributed by atoms with Crippen molar-refractivity contribution in [1.82, 2.24) is 29.5 Å². The number of benzene rings is 1. The molecule has 0 amide bonds. The Morgan fingerprint density at radius 1 is 1.17 bits per heavy atom. The molecular weight excluding hydrogens is 483 g/mol. The number of carbonyl (C=O) groups is 1. The van der Waals surface area contributed by atoms with Crippen LogP contribution in [-0.4, -0.2) is 42.1 Å². The SMILES string of the molecule is CCOC(=O)c1c(C)nn(-c2cc(Cc3c(Cl)c(-c4ccc(F)cc4)nn3CC3CC3)ncn2)c1C. The number of hydrogen-bond acceptors (Lipinski definition) is 6. The van der Waals surface area contributed by atoms with Gasteiger partial charge >= 0.3 is 5.97 Å². The van der Waals surface area contributed by atoms with Crippen molar-refractivity contribution in [2.24, 2.45) is 5.92 Å². The summed E-state index contributed by atoms with van der Waals surface area (Å²) in [7, 11) is 0. The Bertz CT molecular complexity index is 1430. The Kier molecular flexibility index (Phi) is 6.57. The van der Waals surface area contributed by atoms with Crippen LogP contribution in [0.15, 0.2) is 36.7 Å². The Morgan fingerprint density at radius 2 is 1.92 bits per heavy atom. The van der Waals surface area contributed by atoms with Gasteiger partial charge < -0.3 is 4.74 Å². The summed E-state index contributed by atoms with van der Waals surface area (Å²) >= 11 is 6.84. The van der Waals surface area contributed by atoms with Crippen molar-refractivity contribution in [2.45, 2.75) is 46.6 Å². The molecule has 0 saturated heterocycles. The van der Waals surface area contributed by atoms with Crippen molar-refractivity contribution in [3.05, 3.63) is 75.8 Å². The minimum absolute atomic E-state index is 0.287. The van der Waals surface area contributed by atoms with E-state index < -0.39 is 5.97 Å². The number of rotatable bonds is 8. The number of ether oxygens (including phenoxy) is 1. The van der Waals surface area contributed by atoms with Crippen LogP contribution in [0.4, 0.5) is 4.39 Å². The van der Waals surface area contributed by atoms with E-state index >= 15 is 0 Å². The molecule has 5 rings (SSSR count). The molecule has 4 aromatic rings. The highest BCUT2D eigenvalue weighted by Crippen LogP contribution is 2.36. The Labute approximate surface area is 213 Å². The molecule has 8 nitrogen and oxygen atoms in total. The maximum absolute atomic E-state index is 13.5. The van der Waals surface area contributed by atoms with E-state index in [0.717, 1.165) is 23.5 Å². The van der Waals surface area contributed by atoms with E-state index in [2.05, 4.69) is 15.1 Å². The van der Waals surface area contributed by atoms with Crippen molar-refractivity contribution >= 4 is 17.6 Å². The lowest BCUT2D eigenvalue weighted by Gasteiger charge is -2.09. The zero-order valence-electron chi connectivity index (χ0n) is 20.3. The summed E-state index contributed by atoms with van der Waals surface area (Å²) in [5, 5.41) is 9.83. The number of aryl methyl sites for hydroxylation is 1. The quantitative estimate of drug-likeness (QED) is 0.307. The largest absolute Gasteiger partial charge is 0.462 e. The van der Waals surface area contributed by atoms with Crippen LogP contribution in [0.25, 0.3) is 17.1 Å². The van der Waals surface area contributed by atoms with Crippen molar-refractivity contribution in [3.8, 4) is 17.1 Å². The average molecular weight is 509 g/mol. The molecule has 0 unspecified atom stereocenters. The molecule has 10 heteroatoms. The van der Waals surface area contributed by atoms with Crippen LogP contribution in [0.2, 0.25) is 5.02 Å². The topological polar surface area (TPSA) is 87.7 Å². The molecule has 0 bridgehead atoms. The molecule has 1 aliphatic carbocycles. The highest BCUT2D eigenvalue weighted by atomic mass is 35.5. The van der Waals surface area contributed by atoms with Crippen molar-refractivity contribution in [2.75, 3.05) is 6.61 Å². The first-order chi connectivity index (χ1) is 17.4. The Balaban J connectivity index is 1.49. The fourth-order valence-corrected chi connectivity index (χ4v) is 4.58. The molecular formula is C26H26ClFN6O2. The molecule has 0 atom stereocenters. The Hall–Kier alpha value is -3.59. The van der Waals surface area contributed by atoms with Crippen LogP contribution in [0.5, 0.6) is 0 Å². The smallest absolute Gasteiger partial charge is 0.341 e. The third kappa shape index (κ3) is 4.75. The van der Waals surface area contributed by atoms with E-state index in [-0.39, 0.29) is 12.4 Å². The Morgan fingerprint density at radius 3 is 2.61 bits per heavy atom. The fraction of sp³-hybridized carbons (Fsp3) is 0.346. The van der Waals surface area contributed by atoms with Gasteiger partial charge in [-0.15, -0.1) is 0 Å². The predicted molar refractivity (Wildman–Crippen MR) is 133 cm³/mol. The molecule has 0 radical (unpaired) electrons. The number of esters is 1. The fourth-order valence-electron chi connectivity index (χ4n) is 4.27. The summed E-state index contributed by atoms with van der Waals surface area (Å²) < 4.78 is 22.2. The maximum atomic E-state index is 13.5. The van der Waals surface area contributed by atoms with E-state index in [9.17, 15) is 9.18 Å². The molecule has 0 aliphatic heterocycles. The first-order valence-electron chi connectivity index (χ1n) is 11.9. The number of halogens is 2. The van der Waals surface area contributed by atoms with Crippen LogP contribution < -0.4 is 0 Å². The summed E-state index contributed by atoms with van der Waals surface area (Å²) in [5.41, 5.74) is 4.61. The first kappa shape index (κ1) is 24.1. The van der Waals surface area contributed by atoms with Gasteiger partial charge in [0.15, 0.2) is 5.82 Å². The third-order valence-corrected chi connectivity index (χ3v) is 6.68. The van der Waals surface area contributed by atoms with E-state index in [1.165, 1.54) is 31.3 Å². The van der Waals surface area contributed by atoms with Crippen LogP contribution >= 0.6 is 11.6 Å². The minimum Gasteiger partial charge on any atom is -0.462 e. The summed E-state index contributed by atoms with van der Waals surface area (Å²) in [4.78, 5) is 21.2. The van der Waals surface area contributed by atoms with Gasteiger partial charge in [0.05, 0.1) is 34.4 Å². The second-order valence-electron chi connectivity index (χ2n) is 8.96. The monoisotopic (exact) mass is 508 g/mol. The van der Waals surface area contributed by atoms with E-state index in [1.807, 2.05) is 17.7 Å². The lowest BCUT2D eigenvalue weighted by Crippen LogP contribution is -2.10. The second-order valence-corrected chi connectivity index (χ2v) is 9.34. The zero-order chi connectivity index (χ0) is 25.4. The molecule has 0 N–H and O–H groups in total. The van der Waals surface area contributed by atoms with Crippen LogP contribution in [0.1, 0.15) is 52.9 Å². The summed E-state index contributed by atoms with van der Waals surface area (Å²) in [6.07, 6.45) is 4.24. The summed E-state index contributed by atoms with van der Waals surface area (Å²) in [6, 6.07) is 8.00. The maximum Gasteiger partial charge on any atom is 0.341 e. The average Bonchev–Trinajstić information content (AvgIpc) is 3.56. The standard InChI is InChI=1S/C26H26ClFN6O2/c1-4-36-26(35)23-15(2)31-34(16(23)3)22-12-20(29-14-30-22)11-21-24(27)25(18-7-9-19(28)10-8-18)32-33(21)13-17-5-6-17/h7-10,12,14,17H,4-6,11,13H2,1-3H3. The molecule has 1 saturated carbocycles. The second kappa shape index (κ2) is 9.81. The van der Waals surface area contributed by atoms with E-state index in [1.54, 1.807) is 30.7 Å². The van der Waals surface area contributed by atoms with Gasteiger partial charge in [0, 0.05) is 24.6 Å². The van der Waals surface area contributed by atoms with Gasteiger partial charge in [0.2, 0.25) is 0 Å². The summed E-state index contributed by atoms with van der Waals surface area (Å²) in [5.74, 6) is 0.408.